The summed E-state index contributed by atoms with van der Waals surface area (Å²) in [6, 6.07) is 9.97. The van der Waals surface area contributed by atoms with Crippen LogP contribution in [0.25, 0.3) is 0 Å². The number of hydrogen-bond acceptors (Lipinski definition) is 2. The monoisotopic (exact) mass is 344 g/mol. The molecule has 0 unspecified atom stereocenters. The average Bonchev–Trinajstić information content (AvgIpc) is 2.52. The van der Waals surface area contributed by atoms with E-state index in [9.17, 15) is 0 Å². The first-order valence-electron chi connectivity index (χ1n) is 7.76. The molecule has 0 bridgehead atoms. The van der Waals surface area contributed by atoms with Crippen molar-refractivity contribution in [2.75, 3.05) is 13.2 Å². The number of halogens is 1. The highest BCUT2D eigenvalue weighted by Crippen LogP contribution is 2.05. The van der Waals surface area contributed by atoms with E-state index in [0.29, 0.717) is 0 Å². The summed E-state index contributed by atoms with van der Waals surface area (Å²) < 4.78 is 1.13. The molecule has 0 saturated carbocycles. The molecule has 1 aromatic carbocycles. The van der Waals surface area contributed by atoms with Crippen LogP contribution in [0.5, 0.6) is 0 Å². The van der Waals surface area contributed by atoms with Crippen molar-refractivity contribution >= 4 is 15.9 Å². The summed E-state index contributed by atoms with van der Waals surface area (Å²) in [6.45, 7) is 6.05. The molecule has 0 atom stereocenters. The van der Waals surface area contributed by atoms with Gasteiger partial charge in [0.25, 0.3) is 0 Å². The lowest BCUT2D eigenvalue weighted by atomic mass is 10.2. The van der Waals surface area contributed by atoms with Crippen LogP contribution in [-0.2, 0) is 9.78 Å². The lowest BCUT2D eigenvalue weighted by Gasteiger charge is -2.07. The van der Waals surface area contributed by atoms with Gasteiger partial charge in [0, 0.05) is 4.47 Å². The molecule has 1 heterocycles. The molecule has 1 saturated heterocycles. The Labute approximate surface area is 132 Å². The highest BCUT2D eigenvalue weighted by molar-refractivity contribution is 9.10. The van der Waals surface area contributed by atoms with E-state index in [2.05, 4.69) is 39.6 Å². The van der Waals surface area contributed by atoms with Crippen LogP contribution in [-0.4, -0.2) is 13.2 Å². The van der Waals surface area contributed by atoms with Crippen molar-refractivity contribution in [2.45, 2.75) is 58.8 Å². The predicted molar refractivity (Wildman–Crippen MR) is 89.7 cm³/mol. The summed E-state index contributed by atoms with van der Waals surface area (Å²) in [5.74, 6) is 0. The zero-order valence-corrected chi connectivity index (χ0v) is 14.5. The molecule has 0 radical (unpaired) electrons. The fraction of sp³-hybridized carbons (Fsp3) is 0.647. The summed E-state index contributed by atoms with van der Waals surface area (Å²) in [7, 11) is 0. The summed E-state index contributed by atoms with van der Waals surface area (Å²) in [4.78, 5) is 9.14. The van der Waals surface area contributed by atoms with Gasteiger partial charge in [-0.1, -0.05) is 80.1 Å². The Morgan fingerprint density at radius 3 is 1.60 bits per heavy atom. The van der Waals surface area contributed by atoms with E-state index < -0.39 is 0 Å². The second kappa shape index (κ2) is 16.7. The number of benzene rings is 1. The average molecular weight is 345 g/mol. The van der Waals surface area contributed by atoms with Gasteiger partial charge in [0.05, 0.1) is 13.2 Å². The third-order valence-corrected chi connectivity index (χ3v) is 3.26. The largest absolute Gasteiger partial charge is 0.237 e. The van der Waals surface area contributed by atoms with Crippen molar-refractivity contribution < 1.29 is 9.78 Å². The lowest BCUT2D eigenvalue weighted by molar-refractivity contribution is -0.312. The van der Waals surface area contributed by atoms with Gasteiger partial charge < -0.3 is 0 Å². The molecule has 1 fully saturated rings. The van der Waals surface area contributed by atoms with Crippen molar-refractivity contribution in [3.8, 4) is 0 Å². The second-order valence-corrected chi connectivity index (χ2v) is 5.62. The second-order valence-electron chi connectivity index (χ2n) is 4.71. The molecular formula is C17H29BrO2. The Bertz CT molecular complexity index is 258. The van der Waals surface area contributed by atoms with Crippen LogP contribution in [0.4, 0.5) is 0 Å². The van der Waals surface area contributed by atoms with Crippen LogP contribution in [0.15, 0.2) is 34.8 Å². The SMILES string of the molecule is Brc1ccccc1.C1CCOOC1.CCCCCCC. The third-order valence-electron chi connectivity index (χ3n) is 2.73. The molecule has 0 aliphatic carbocycles. The maximum Gasteiger partial charge on any atom is 0.0823 e. The molecule has 2 nitrogen and oxygen atoms in total. The number of hydrogen-bond donors (Lipinski definition) is 0. The first-order chi connectivity index (χ1) is 9.81. The fourth-order valence-corrected chi connectivity index (χ4v) is 1.84. The van der Waals surface area contributed by atoms with Gasteiger partial charge in [0.1, 0.15) is 0 Å². The summed E-state index contributed by atoms with van der Waals surface area (Å²) in [5, 5.41) is 0. The zero-order chi connectivity index (χ0) is 14.9. The highest BCUT2D eigenvalue weighted by atomic mass is 79.9. The summed E-state index contributed by atoms with van der Waals surface area (Å²) in [5.41, 5.74) is 0. The van der Waals surface area contributed by atoms with Gasteiger partial charge in [-0.15, -0.1) is 0 Å². The molecule has 1 aliphatic heterocycles. The molecule has 1 aromatic rings. The van der Waals surface area contributed by atoms with E-state index in [1.54, 1.807) is 0 Å². The molecule has 0 amide bonds. The topological polar surface area (TPSA) is 18.5 Å². The first kappa shape index (κ1) is 19.6. The van der Waals surface area contributed by atoms with Crippen molar-refractivity contribution in [3.05, 3.63) is 34.8 Å². The van der Waals surface area contributed by atoms with Gasteiger partial charge in [-0.05, 0) is 25.0 Å². The van der Waals surface area contributed by atoms with Gasteiger partial charge >= 0.3 is 0 Å². The van der Waals surface area contributed by atoms with Crippen LogP contribution in [0.1, 0.15) is 58.8 Å². The van der Waals surface area contributed by atoms with Crippen molar-refractivity contribution in [1.82, 2.24) is 0 Å². The number of rotatable bonds is 4. The maximum atomic E-state index is 4.57. The van der Waals surface area contributed by atoms with E-state index in [1.165, 1.54) is 32.1 Å². The van der Waals surface area contributed by atoms with Crippen LogP contribution >= 0.6 is 15.9 Å². The Morgan fingerprint density at radius 2 is 1.35 bits per heavy atom. The van der Waals surface area contributed by atoms with Crippen molar-refractivity contribution in [3.63, 3.8) is 0 Å². The third kappa shape index (κ3) is 15.7. The zero-order valence-electron chi connectivity index (χ0n) is 12.9. The Morgan fingerprint density at radius 1 is 0.850 bits per heavy atom. The Hall–Kier alpha value is -0.380. The highest BCUT2D eigenvalue weighted by Gasteiger charge is 1.95. The normalized spacial score (nSPS) is 13.6. The lowest BCUT2D eigenvalue weighted by Crippen LogP contribution is -2.05. The summed E-state index contributed by atoms with van der Waals surface area (Å²) in [6.07, 6.45) is 9.31. The standard InChI is InChI=1S/C7H16.C6H5Br.C4H8O2/c1-3-5-7-6-4-2;7-6-4-2-1-3-5-6;1-2-4-6-5-3-1/h3-7H2,1-2H3;1-5H;1-4H2. The molecule has 116 valence electrons. The Kier molecular flexibility index (Phi) is 16.4. The minimum Gasteiger partial charge on any atom is -0.237 e. The Balaban J connectivity index is 0.000000271. The van der Waals surface area contributed by atoms with Gasteiger partial charge in [-0.25, -0.2) is 9.78 Å². The van der Waals surface area contributed by atoms with Gasteiger partial charge in [-0.3, -0.25) is 0 Å². The molecule has 0 N–H and O–H groups in total. The van der Waals surface area contributed by atoms with Crippen LogP contribution in [0.2, 0.25) is 0 Å². The van der Waals surface area contributed by atoms with Gasteiger partial charge in [-0.2, -0.15) is 0 Å². The van der Waals surface area contributed by atoms with Crippen LogP contribution in [0.3, 0.4) is 0 Å². The molecule has 3 heteroatoms. The molecule has 0 aromatic heterocycles. The molecule has 20 heavy (non-hydrogen) atoms. The molecule has 2 rings (SSSR count). The van der Waals surface area contributed by atoms with Gasteiger partial charge in [0.15, 0.2) is 0 Å². The minimum atomic E-state index is 0.778. The quantitative estimate of drug-likeness (QED) is 0.481. The van der Waals surface area contributed by atoms with E-state index in [0.717, 1.165) is 30.5 Å². The van der Waals surface area contributed by atoms with Gasteiger partial charge in [0.2, 0.25) is 0 Å². The fourth-order valence-electron chi connectivity index (χ4n) is 1.53. The maximum absolute atomic E-state index is 4.57. The van der Waals surface area contributed by atoms with Crippen molar-refractivity contribution in [2.24, 2.45) is 0 Å². The minimum absolute atomic E-state index is 0.778. The molecular weight excluding hydrogens is 316 g/mol. The smallest absolute Gasteiger partial charge is 0.0823 e. The van der Waals surface area contributed by atoms with E-state index in [4.69, 9.17) is 0 Å². The van der Waals surface area contributed by atoms with E-state index >= 15 is 0 Å². The first-order valence-corrected chi connectivity index (χ1v) is 8.55. The van der Waals surface area contributed by atoms with Crippen LogP contribution < -0.4 is 0 Å². The molecule has 1 aliphatic rings. The predicted octanol–water partition coefficient (Wildman–Crippen LogP) is 6.15. The molecule has 0 spiro atoms. The van der Waals surface area contributed by atoms with E-state index in [1.807, 2.05) is 30.3 Å². The van der Waals surface area contributed by atoms with Crippen molar-refractivity contribution in [1.29, 1.82) is 0 Å². The summed E-state index contributed by atoms with van der Waals surface area (Å²) >= 11 is 3.31. The van der Waals surface area contributed by atoms with Crippen LogP contribution in [0, 0.1) is 0 Å². The number of unbranched alkanes of at least 4 members (excludes halogenated alkanes) is 4. The van der Waals surface area contributed by atoms with E-state index in [-0.39, 0.29) is 0 Å².